The van der Waals surface area contributed by atoms with Crippen molar-refractivity contribution < 1.29 is 9.90 Å². The monoisotopic (exact) mass is 276 g/mol. The molecule has 1 aromatic rings. The maximum Gasteiger partial charge on any atom is 0.220 e. The standard InChI is InChI=1S/C16H24N2O2/c17-14-7-4-12(5-8-14)6-9-16(20)18-11-13-2-1-3-15(19)10-13/h4-5,7-8,13,15,19H,1-3,6,9-11,17H2,(H,18,20). The lowest BCUT2D eigenvalue weighted by molar-refractivity contribution is -0.121. The summed E-state index contributed by atoms with van der Waals surface area (Å²) >= 11 is 0. The van der Waals surface area contributed by atoms with Gasteiger partial charge in [0.2, 0.25) is 5.91 Å². The summed E-state index contributed by atoms with van der Waals surface area (Å²) in [6.07, 6.45) is 4.95. The van der Waals surface area contributed by atoms with Crippen molar-refractivity contribution in [1.82, 2.24) is 5.32 Å². The minimum absolute atomic E-state index is 0.0851. The molecule has 2 rings (SSSR count). The number of nitrogen functional groups attached to an aromatic ring is 1. The number of carbonyl (C=O) groups is 1. The first-order valence-electron chi connectivity index (χ1n) is 7.42. The molecule has 2 atom stereocenters. The zero-order valence-electron chi connectivity index (χ0n) is 11.8. The van der Waals surface area contributed by atoms with Crippen LogP contribution in [-0.2, 0) is 11.2 Å². The van der Waals surface area contributed by atoms with Gasteiger partial charge in [0.05, 0.1) is 6.10 Å². The Morgan fingerprint density at radius 1 is 1.30 bits per heavy atom. The van der Waals surface area contributed by atoms with Crippen molar-refractivity contribution in [2.75, 3.05) is 12.3 Å². The van der Waals surface area contributed by atoms with Crippen LogP contribution in [-0.4, -0.2) is 23.7 Å². The second-order valence-electron chi connectivity index (χ2n) is 5.73. The van der Waals surface area contributed by atoms with Gasteiger partial charge in [0.1, 0.15) is 0 Å². The van der Waals surface area contributed by atoms with Crippen LogP contribution in [0.15, 0.2) is 24.3 Å². The first kappa shape index (κ1) is 14.9. The van der Waals surface area contributed by atoms with Gasteiger partial charge in [0.25, 0.3) is 0 Å². The number of aliphatic hydroxyl groups is 1. The van der Waals surface area contributed by atoms with E-state index in [0.717, 1.165) is 43.4 Å². The van der Waals surface area contributed by atoms with Gasteiger partial charge in [-0.05, 0) is 49.3 Å². The fourth-order valence-electron chi connectivity index (χ4n) is 2.74. The van der Waals surface area contributed by atoms with Gasteiger partial charge < -0.3 is 16.2 Å². The third-order valence-electron chi connectivity index (χ3n) is 3.96. The van der Waals surface area contributed by atoms with Crippen molar-refractivity contribution in [1.29, 1.82) is 0 Å². The van der Waals surface area contributed by atoms with Gasteiger partial charge in [-0.25, -0.2) is 0 Å². The Bertz CT molecular complexity index is 431. The average molecular weight is 276 g/mol. The predicted molar refractivity (Wildman–Crippen MR) is 80.1 cm³/mol. The van der Waals surface area contributed by atoms with Crippen LogP contribution < -0.4 is 11.1 Å². The normalized spacial score (nSPS) is 22.4. The average Bonchev–Trinajstić information content (AvgIpc) is 2.45. The Labute approximate surface area is 120 Å². The molecule has 0 bridgehead atoms. The van der Waals surface area contributed by atoms with Gasteiger partial charge in [0, 0.05) is 18.7 Å². The molecule has 1 amide bonds. The van der Waals surface area contributed by atoms with Crippen LogP contribution >= 0.6 is 0 Å². The highest BCUT2D eigenvalue weighted by molar-refractivity contribution is 5.76. The van der Waals surface area contributed by atoms with Crippen LogP contribution in [0.1, 0.15) is 37.7 Å². The molecule has 0 aliphatic heterocycles. The minimum Gasteiger partial charge on any atom is -0.399 e. The smallest absolute Gasteiger partial charge is 0.220 e. The number of aliphatic hydroxyl groups excluding tert-OH is 1. The lowest BCUT2D eigenvalue weighted by atomic mass is 9.87. The van der Waals surface area contributed by atoms with Crippen molar-refractivity contribution in [2.45, 2.75) is 44.6 Å². The summed E-state index contributed by atoms with van der Waals surface area (Å²) in [5.74, 6) is 0.515. The fourth-order valence-corrected chi connectivity index (χ4v) is 2.74. The molecular formula is C16H24N2O2. The number of amides is 1. The Balaban J connectivity index is 1.66. The molecule has 4 heteroatoms. The second-order valence-corrected chi connectivity index (χ2v) is 5.73. The first-order chi connectivity index (χ1) is 9.63. The lowest BCUT2D eigenvalue weighted by Gasteiger charge is -2.25. The molecule has 1 saturated carbocycles. The van der Waals surface area contributed by atoms with Gasteiger partial charge in [0.15, 0.2) is 0 Å². The number of benzene rings is 1. The summed E-state index contributed by atoms with van der Waals surface area (Å²) < 4.78 is 0. The summed E-state index contributed by atoms with van der Waals surface area (Å²) in [4.78, 5) is 11.8. The maximum absolute atomic E-state index is 11.8. The number of hydrogen-bond acceptors (Lipinski definition) is 3. The molecule has 0 saturated heterocycles. The number of rotatable bonds is 5. The molecule has 1 fully saturated rings. The van der Waals surface area contributed by atoms with E-state index < -0.39 is 0 Å². The van der Waals surface area contributed by atoms with E-state index in [1.807, 2.05) is 24.3 Å². The predicted octanol–water partition coefficient (Wildman–Crippen LogP) is 1.87. The molecule has 1 aromatic carbocycles. The minimum atomic E-state index is -0.180. The van der Waals surface area contributed by atoms with E-state index in [1.54, 1.807) is 0 Å². The summed E-state index contributed by atoms with van der Waals surface area (Å²) in [5.41, 5.74) is 7.50. The van der Waals surface area contributed by atoms with Crippen molar-refractivity contribution in [3.05, 3.63) is 29.8 Å². The van der Waals surface area contributed by atoms with E-state index in [9.17, 15) is 9.90 Å². The molecule has 0 heterocycles. The molecule has 4 N–H and O–H groups in total. The van der Waals surface area contributed by atoms with Gasteiger partial charge in [-0.3, -0.25) is 4.79 Å². The summed E-state index contributed by atoms with van der Waals surface area (Å²) in [5, 5.41) is 12.6. The van der Waals surface area contributed by atoms with Crippen LogP contribution in [0.25, 0.3) is 0 Å². The molecule has 4 nitrogen and oxygen atoms in total. The SMILES string of the molecule is Nc1ccc(CCC(=O)NCC2CCCC(O)C2)cc1. The van der Waals surface area contributed by atoms with Gasteiger partial charge in [-0.15, -0.1) is 0 Å². The van der Waals surface area contributed by atoms with Crippen LogP contribution in [0, 0.1) is 5.92 Å². The number of nitrogens with two attached hydrogens (primary N) is 1. The highest BCUT2D eigenvalue weighted by atomic mass is 16.3. The summed E-state index contributed by atoms with van der Waals surface area (Å²) in [7, 11) is 0. The van der Waals surface area contributed by atoms with Crippen LogP contribution in [0.4, 0.5) is 5.69 Å². The highest BCUT2D eigenvalue weighted by Gasteiger charge is 2.20. The number of aryl methyl sites for hydroxylation is 1. The highest BCUT2D eigenvalue weighted by Crippen LogP contribution is 2.23. The third kappa shape index (κ3) is 4.85. The first-order valence-corrected chi connectivity index (χ1v) is 7.42. The number of anilines is 1. The van der Waals surface area contributed by atoms with E-state index in [4.69, 9.17) is 5.73 Å². The molecule has 0 aromatic heterocycles. The molecule has 1 aliphatic rings. The summed E-state index contributed by atoms with van der Waals surface area (Å²) in [6.45, 7) is 0.692. The van der Waals surface area contributed by atoms with Crippen LogP contribution in [0.2, 0.25) is 0 Å². The Kier molecular flexibility index (Phi) is 5.41. The molecule has 2 unspecified atom stereocenters. The van der Waals surface area contributed by atoms with E-state index >= 15 is 0 Å². The van der Waals surface area contributed by atoms with E-state index in [0.29, 0.717) is 18.9 Å². The Morgan fingerprint density at radius 3 is 2.75 bits per heavy atom. The molecular weight excluding hydrogens is 252 g/mol. The quantitative estimate of drug-likeness (QED) is 0.719. The molecule has 110 valence electrons. The van der Waals surface area contributed by atoms with Gasteiger partial charge >= 0.3 is 0 Å². The molecule has 20 heavy (non-hydrogen) atoms. The van der Waals surface area contributed by atoms with E-state index in [1.165, 1.54) is 0 Å². The number of nitrogens with one attached hydrogen (secondary N) is 1. The topological polar surface area (TPSA) is 75.4 Å². The van der Waals surface area contributed by atoms with Crippen molar-refractivity contribution in [2.24, 2.45) is 5.92 Å². The largest absolute Gasteiger partial charge is 0.399 e. The number of hydrogen-bond donors (Lipinski definition) is 3. The van der Waals surface area contributed by atoms with Gasteiger partial charge in [-0.1, -0.05) is 18.6 Å². The van der Waals surface area contributed by atoms with Crippen LogP contribution in [0.3, 0.4) is 0 Å². The molecule has 1 aliphatic carbocycles. The Hall–Kier alpha value is -1.55. The van der Waals surface area contributed by atoms with E-state index in [-0.39, 0.29) is 12.0 Å². The lowest BCUT2D eigenvalue weighted by Crippen LogP contribution is -2.33. The number of carbonyl (C=O) groups excluding carboxylic acids is 1. The zero-order valence-corrected chi connectivity index (χ0v) is 11.8. The fraction of sp³-hybridized carbons (Fsp3) is 0.562. The van der Waals surface area contributed by atoms with E-state index in [2.05, 4.69) is 5.32 Å². The summed E-state index contributed by atoms with van der Waals surface area (Å²) in [6, 6.07) is 7.63. The van der Waals surface area contributed by atoms with Crippen molar-refractivity contribution in [3.8, 4) is 0 Å². The maximum atomic E-state index is 11.8. The van der Waals surface area contributed by atoms with Crippen LogP contribution in [0.5, 0.6) is 0 Å². The van der Waals surface area contributed by atoms with Crippen molar-refractivity contribution in [3.63, 3.8) is 0 Å². The Morgan fingerprint density at radius 2 is 2.05 bits per heavy atom. The third-order valence-corrected chi connectivity index (χ3v) is 3.96. The zero-order chi connectivity index (χ0) is 14.4. The molecule has 0 radical (unpaired) electrons. The van der Waals surface area contributed by atoms with Crippen molar-refractivity contribution >= 4 is 11.6 Å². The second kappa shape index (κ2) is 7.29. The van der Waals surface area contributed by atoms with Gasteiger partial charge in [-0.2, -0.15) is 0 Å². The molecule has 0 spiro atoms.